The van der Waals surface area contributed by atoms with Gasteiger partial charge in [-0.15, -0.1) is 10.2 Å². The average Bonchev–Trinajstić information content (AvgIpc) is 2.98. The minimum Gasteiger partial charge on any atom is -0.355 e. The van der Waals surface area contributed by atoms with Crippen LogP contribution >= 0.6 is 34.9 Å². The van der Waals surface area contributed by atoms with E-state index in [9.17, 15) is 4.79 Å². The largest absolute Gasteiger partial charge is 0.355 e. The molecule has 1 aromatic carbocycles. The lowest BCUT2D eigenvalue weighted by atomic mass is 10.2. The lowest BCUT2D eigenvalue weighted by Gasteiger charge is -2.00. The topological polar surface area (TPSA) is 54.9 Å². The minimum absolute atomic E-state index is 0.0518. The smallest absolute Gasteiger partial charge is 0.230 e. The second-order valence-electron chi connectivity index (χ2n) is 4.75. The van der Waals surface area contributed by atoms with Crippen LogP contribution in [-0.2, 0) is 10.5 Å². The normalized spacial score (nSPS) is 10.6. The van der Waals surface area contributed by atoms with Crippen LogP contribution in [0.25, 0.3) is 0 Å². The first kappa shape index (κ1) is 17.3. The number of nitrogens with zero attached hydrogens (tertiary/aromatic N) is 2. The van der Waals surface area contributed by atoms with Gasteiger partial charge in [-0.2, -0.15) is 0 Å². The maximum atomic E-state index is 11.5. The SMILES string of the molecule is CCCNC(=O)CSc1nnc(SCc2ccc(C)cc2)s1. The fourth-order valence-electron chi connectivity index (χ4n) is 1.59. The summed E-state index contributed by atoms with van der Waals surface area (Å²) < 4.78 is 1.79. The van der Waals surface area contributed by atoms with Crippen molar-refractivity contribution >= 4 is 40.8 Å². The zero-order valence-electron chi connectivity index (χ0n) is 12.7. The van der Waals surface area contributed by atoms with E-state index in [1.54, 1.807) is 23.1 Å². The first-order chi connectivity index (χ1) is 10.7. The van der Waals surface area contributed by atoms with Crippen LogP contribution in [0.5, 0.6) is 0 Å². The third-order valence-corrected chi connectivity index (χ3v) is 6.03. The maximum Gasteiger partial charge on any atom is 0.230 e. The first-order valence-corrected chi connectivity index (χ1v) is 9.87. The Labute approximate surface area is 143 Å². The van der Waals surface area contributed by atoms with Crippen molar-refractivity contribution in [3.8, 4) is 0 Å². The van der Waals surface area contributed by atoms with Gasteiger partial charge < -0.3 is 5.32 Å². The van der Waals surface area contributed by atoms with Gasteiger partial charge in [0.1, 0.15) is 0 Å². The Bertz CT molecular complexity index is 598. The van der Waals surface area contributed by atoms with Crippen LogP contribution in [0.3, 0.4) is 0 Å². The fourth-order valence-corrected chi connectivity index (χ4v) is 4.39. The summed E-state index contributed by atoms with van der Waals surface area (Å²) in [4.78, 5) is 11.5. The van der Waals surface area contributed by atoms with E-state index in [-0.39, 0.29) is 5.91 Å². The molecule has 0 aliphatic carbocycles. The Morgan fingerprint density at radius 3 is 2.55 bits per heavy atom. The van der Waals surface area contributed by atoms with Crippen LogP contribution in [0.15, 0.2) is 32.9 Å². The molecule has 0 saturated carbocycles. The van der Waals surface area contributed by atoms with Gasteiger partial charge in [-0.25, -0.2) is 0 Å². The molecule has 2 aromatic rings. The van der Waals surface area contributed by atoms with Crippen molar-refractivity contribution < 1.29 is 4.79 Å². The molecule has 1 aromatic heterocycles. The van der Waals surface area contributed by atoms with Crippen molar-refractivity contribution in [3.63, 3.8) is 0 Å². The van der Waals surface area contributed by atoms with Crippen molar-refractivity contribution in [1.29, 1.82) is 0 Å². The van der Waals surface area contributed by atoms with E-state index in [1.165, 1.54) is 22.9 Å². The zero-order chi connectivity index (χ0) is 15.8. The van der Waals surface area contributed by atoms with Gasteiger partial charge in [0.25, 0.3) is 0 Å². The van der Waals surface area contributed by atoms with Crippen LogP contribution in [-0.4, -0.2) is 28.4 Å². The number of hydrogen-bond acceptors (Lipinski definition) is 6. The summed E-state index contributed by atoms with van der Waals surface area (Å²) in [6.45, 7) is 4.85. The summed E-state index contributed by atoms with van der Waals surface area (Å²) in [5.41, 5.74) is 2.55. The number of carbonyl (C=O) groups is 1. The van der Waals surface area contributed by atoms with Gasteiger partial charge in [-0.05, 0) is 18.9 Å². The van der Waals surface area contributed by atoms with E-state index in [1.807, 2.05) is 6.92 Å². The molecule has 0 bridgehead atoms. The molecular weight excluding hydrogens is 334 g/mol. The molecule has 1 N–H and O–H groups in total. The lowest BCUT2D eigenvalue weighted by Crippen LogP contribution is -2.25. The van der Waals surface area contributed by atoms with Gasteiger partial charge in [0, 0.05) is 12.3 Å². The molecule has 7 heteroatoms. The Morgan fingerprint density at radius 1 is 1.18 bits per heavy atom. The summed E-state index contributed by atoms with van der Waals surface area (Å²) in [6.07, 6.45) is 0.953. The summed E-state index contributed by atoms with van der Waals surface area (Å²) >= 11 is 4.67. The zero-order valence-corrected chi connectivity index (χ0v) is 15.1. The summed E-state index contributed by atoms with van der Waals surface area (Å²) in [5, 5.41) is 11.1. The van der Waals surface area contributed by atoms with Gasteiger partial charge in [0.2, 0.25) is 5.91 Å². The number of carbonyl (C=O) groups excluding carboxylic acids is 1. The van der Waals surface area contributed by atoms with Gasteiger partial charge >= 0.3 is 0 Å². The molecule has 22 heavy (non-hydrogen) atoms. The van der Waals surface area contributed by atoms with Gasteiger partial charge in [-0.3, -0.25) is 4.79 Å². The molecule has 4 nitrogen and oxygen atoms in total. The number of amides is 1. The number of rotatable bonds is 8. The summed E-state index contributed by atoms with van der Waals surface area (Å²) in [5.74, 6) is 1.34. The third-order valence-electron chi connectivity index (χ3n) is 2.77. The monoisotopic (exact) mass is 353 g/mol. The van der Waals surface area contributed by atoms with Crippen molar-refractivity contribution in [3.05, 3.63) is 35.4 Å². The summed E-state index contributed by atoms with van der Waals surface area (Å²) in [6, 6.07) is 8.51. The number of nitrogens with one attached hydrogen (secondary N) is 1. The predicted molar refractivity (Wildman–Crippen MR) is 94.7 cm³/mol. The maximum absolute atomic E-state index is 11.5. The number of hydrogen-bond donors (Lipinski definition) is 1. The van der Waals surface area contributed by atoms with E-state index in [0.29, 0.717) is 5.75 Å². The highest BCUT2D eigenvalue weighted by molar-refractivity contribution is 8.03. The quantitative estimate of drug-likeness (QED) is 0.732. The molecule has 0 radical (unpaired) electrons. The number of thioether (sulfide) groups is 2. The van der Waals surface area contributed by atoms with Crippen molar-refractivity contribution in [2.75, 3.05) is 12.3 Å². The Kier molecular flexibility index (Phi) is 7.21. The first-order valence-electron chi connectivity index (χ1n) is 7.08. The molecule has 0 atom stereocenters. The van der Waals surface area contributed by atoms with Crippen LogP contribution in [0.4, 0.5) is 0 Å². The van der Waals surface area contributed by atoms with E-state index in [2.05, 4.69) is 46.7 Å². The second kappa shape index (κ2) is 9.17. The third kappa shape index (κ3) is 5.98. The Hall–Kier alpha value is -1.05. The van der Waals surface area contributed by atoms with Crippen LogP contribution in [0.1, 0.15) is 24.5 Å². The highest BCUT2D eigenvalue weighted by Gasteiger charge is 2.08. The van der Waals surface area contributed by atoms with Crippen molar-refractivity contribution in [1.82, 2.24) is 15.5 Å². The van der Waals surface area contributed by atoms with E-state index in [4.69, 9.17) is 0 Å². The average molecular weight is 354 g/mol. The Balaban J connectivity index is 1.76. The predicted octanol–water partition coefficient (Wildman–Crippen LogP) is 3.76. The lowest BCUT2D eigenvalue weighted by molar-refractivity contribution is -0.118. The van der Waals surface area contributed by atoms with Gasteiger partial charge in [0.15, 0.2) is 8.68 Å². The molecule has 0 saturated heterocycles. The van der Waals surface area contributed by atoms with Gasteiger partial charge in [0.05, 0.1) is 5.75 Å². The molecule has 0 unspecified atom stereocenters. The van der Waals surface area contributed by atoms with E-state index in [0.717, 1.165) is 27.4 Å². The standard InChI is InChI=1S/C15H19N3OS3/c1-3-8-16-13(19)10-21-15-18-17-14(22-15)20-9-12-6-4-11(2)5-7-12/h4-7H,3,8-10H2,1-2H3,(H,16,19). The highest BCUT2D eigenvalue weighted by Crippen LogP contribution is 2.30. The Morgan fingerprint density at radius 2 is 1.86 bits per heavy atom. The van der Waals surface area contributed by atoms with Crippen LogP contribution in [0, 0.1) is 6.92 Å². The molecule has 1 amide bonds. The van der Waals surface area contributed by atoms with Crippen LogP contribution < -0.4 is 5.32 Å². The molecule has 0 fully saturated rings. The van der Waals surface area contributed by atoms with E-state index < -0.39 is 0 Å². The molecule has 0 spiro atoms. The molecule has 2 rings (SSSR count). The van der Waals surface area contributed by atoms with Crippen molar-refractivity contribution in [2.45, 2.75) is 34.7 Å². The number of benzene rings is 1. The number of aryl methyl sites for hydroxylation is 1. The molecular formula is C15H19N3OS3. The molecule has 0 aliphatic heterocycles. The molecule has 0 aliphatic rings. The fraction of sp³-hybridized carbons (Fsp3) is 0.400. The van der Waals surface area contributed by atoms with E-state index >= 15 is 0 Å². The molecule has 1 heterocycles. The second-order valence-corrected chi connectivity index (χ2v) is 8.17. The van der Waals surface area contributed by atoms with Gasteiger partial charge in [-0.1, -0.05) is 71.6 Å². The highest BCUT2D eigenvalue weighted by atomic mass is 32.2. The minimum atomic E-state index is 0.0518. The summed E-state index contributed by atoms with van der Waals surface area (Å²) in [7, 11) is 0. The van der Waals surface area contributed by atoms with Crippen LogP contribution in [0.2, 0.25) is 0 Å². The molecule has 118 valence electrons. The number of aromatic nitrogens is 2. The van der Waals surface area contributed by atoms with Crippen molar-refractivity contribution in [2.24, 2.45) is 0 Å².